The Kier molecular flexibility index (Phi) is 70.9. The molecule has 0 bridgehead atoms. The van der Waals surface area contributed by atoms with E-state index < -0.39 is 11.2 Å². The number of nitrogen functional groups attached to an aromatic ring is 2. The molecule has 8 aromatic heterocycles. The Balaban J connectivity index is -0.000000784. The van der Waals surface area contributed by atoms with Gasteiger partial charge in [0.2, 0.25) is 5.95 Å². The van der Waals surface area contributed by atoms with Gasteiger partial charge in [-0.15, -0.1) is 0 Å². The van der Waals surface area contributed by atoms with Crippen LogP contribution in [0.15, 0.2) is 31.8 Å². The third kappa shape index (κ3) is 40.3. The third-order valence-electron chi connectivity index (χ3n) is 23.7. The van der Waals surface area contributed by atoms with E-state index in [9.17, 15) is 19.2 Å². The van der Waals surface area contributed by atoms with Gasteiger partial charge in [0.1, 0.15) is 12.0 Å². The van der Waals surface area contributed by atoms with Gasteiger partial charge in [0.15, 0.2) is 68.1 Å². The zero-order chi connectivity index (χ0) is 92.3. The van der Waals surface area contributed by atoms with Crippen LogP contribution in [0.5, 0.6) is 0 Å². The van der Waals surface area contributed by atoms with E-state index in [1.165, 1.54) is 154 Å². The number of fused-ring (bicyclic) bond motifs is 4. The minimum atomic E-state index is -0.535. The largest absolute Gasteiger partial charge is 0.382 e. The lowest BCUT2D eigenvalue weighted by molar-refractivity contribution is 0.371. The van der Waals surface area contributed by atoms with Gasteiger partial charge in [-0.25, -0.2) is 39.7 Å². The number of H-pyrrole nitrogens is 4. The smallest absolute Gasteiger partial charge is 0.327 e. The molecule has 0 spiro atoms. The number of aryl methyl sites for hydroxylation is 4. The molecule has 0 unspecified atom stereocenters. The Labute approximate surface area is 817 Å². The molecule has 8 aromatic rings. The van der Waals surface area contributed by atoms with E-state index in [1.807, 2.05) is 136 Å². The predicted octanol–water partition coefficient (Wildman–Crippen LogP) is 22.0. The van der Waals surface area contributed by atoms with Crippen LogP contribution in [0.2, 0.25) is 0 Å². The van der Waals surface area contributed by atoms with Crippen molar-refractivity contribution < 1.29 is 0 Å². The van der Waals surface area contributed by atoms with Crippen molar-refractivity contribution in [2.75, 3.05) is 11.5 Å². The van der Waals surface area contributed by atoms with Crippen LogP contribution in [-0.2, 0) is 28.2 Å². The predicted molar refractivity (Wildman–Crippen MR) is 573 cm³/mol. The summed E-state index contributed by atoms with van der Waals surface area (Å²) in [6, 6.07) is 0. The van der Waals surface area contributed by atoms with Crippen molar-refractivity contribution in [2.45, 2.75) is 372 Å². The Morgan fingerprint density at radius 2 is 0.522 bits per heavy atom. The Bertz CT molecular complexity index is 5390. The number of anilines is 2. The van der Waals surface area contributed by atoms with Gasteiger partial charge in [0, 0.05) is 133 Å². The van der Waals surface area contributed by atoms with E-state index in [1.54, 1.807) is 20.7 Å². The van der Waals surface area contributed by atoms with Crippen molar-refractivity contribution in [2.24, 2.45) is 99.2 Å². The molecule has 12 radical (unpaired) electrons. The first-order valence-corrected chi connectivity index (χ1v) is 49.0. The van der Waals surface area contributed by atoms with Crippen LogP contribution < -0.4 is 33.8 Å². The summed E-state index contributed by atoms with van der Waals surface area (Å²) in [6.45, 7) is 32.0. The minimum Gasteiger partial charge on any atom is -0.382 e. The quantitative estimate of drug-likeness (QED) is 0.0608. The first-order valence-electron chi connectivity index (χ1n) is 49.0. The van der Waals surface area contributed by atoms with Crippen LogP contribution in [0.25, 0.3) is 44.7 Å². The van der Waals surface area contributed by atoms with Gasteiger partial charge >= 0.3 is 5.69 Å². The fraction of sp³-hybridized carbons (Fsp3) is 0.667. The molecule has 26 heteroatoms. The molecule has 22 nitrogen and oxygen atoms in total. The highest BCUT2D eigenvalue weighted by Gasteiger charge is 2.25. The molecule has 8 N–H and O–H groups in total. The first kappa shape index (κ1) is 130. The summed E-state index contributed by atoms with van der Waals surface area (Å²) in [7, 11) is 7.34. The van der Waals surface area contributed by atoms with Crippen molar-refractivity contribution in [1.29, 1.82) is 0 Å². The molecule has 0 atom stereocenters. The van der Waals surface area contributed by atoms with Crippen LogP contribution in [0, 0.1) is 166 Å². The number of rotatable bonds is 0. The van der Waals surface area contributed by atoms with Crippen molar-refractivity contribution >= 4 is 90.1 Å². The summed E-state index contributed by atoms with van der Waals surface area (Å²) in [5, 5.41) is 0. The standard InChI is InChI=1S/C22H27N5O.C22H27N5.C22H26N4O2.C22H26N4O.8C2H6.4CH4.4B/c1-27-18(24-19-20(27)25-22(23)26-21(19)28)14-13-17-11-9-16(10-12-17)8-7-15-5-3-2-4-6-15;1-27-19(26-20-21(23)24-15-25-22(20)27)14-13-18-11-9-17(10-12-18)8-7-16-5-3-2-4-6-16;1-26-18(23-19-20(26)24-22(28)25-21(19)27)14-13-17-11-9-16(10-12-17)8-7-15-5-3-2-4-6-15;1-26-19(25-20-21(26)23-15-24-22(20)27)14-13-18-11-9-17(10-12-18)8-7-16-5-3-2-4-6-16;8*1-2;;;;;;;;/h15-17H,2-6,9-12H2,1H3,(H3,23,25,26,28);15-18H,2-6,9-12H2,1H3,(H2,23,24,25);15-17H,2-6,9-12H2,1H3,(H2,24,25,27,28);15-18H,2-6,9-12H2,1H3,(H,23,24,27);8*1-2H3;4*1H4;;;;. The van der Waals surface area contributed by atoms with Gasteiger partial charge in [-0.05, 0) is 178 Å². The van der Waals surface area contributed by atoms with E-state index in [-0.39, 0.29) is 91.5 Å². The number of imidazole rings is 4. The zero-order valence-corrected chi connectivity index (χ0v) is 83.0. The Morgan fingerprint density at radius 1 is 0.276 bits per heavy atom. The number of nitrogens with one attached hydrogen (secondary N) is 4. The van der Waals surface area contributed by atoms with Crippen LogP contribution in [0.4, 0.5) is 11.8 Å². The van der Waals surface area contributed by atoms with E-state index in [0.717, 1.165) is 95.5 Å². The number of nitrogens with zero attached hydrogens (tertiary/aromatic N) is 12. The van der Waals surface area contributed by atoms with E-state index in [2.05, 4.69) is 155 Å². The maximum atomic E-state index is 12.0. The summed E-state index contributed by atoms with van der Waals surface area (Å²) in [6.07, 6.45) is 47.3. The second-order valence-corrected chi connectivity index (χ2v) is 31.8. The van der Waals surface area contributed by atoms with E-state index in [4.69, 9.17) is 11.5 Å². The first-order chi connectivity index (χ1) is 61.6. The summed E-state index contributed by atoms with van der Waals surface area (Å²) < 4.78 is 7.08. The van der Waals surface area contributed by atoms with Crippen molar-refractivity contribution in [3.05, 3.63) is 77.5 Å². The minimum absolute atomic E-state index is 0. The van der Waals surface area contributed by atoms with Crippen molar-refractivity contribution in [1.82, 2.24) is 78.1 Å². The van der Waals surface area contributed by atoms with Crippen LogP contribution in [0.1, 0.15) is 395 Å². The maximum absolute atomic E-state index is 12.0. The number of hydrogen-bond donors (Lipinski definition) is 6. The molecule has 8 aliphatic carbocycles. The second-order valence-electron chi connectivity index (χ2n) is 31.8. The molecule has 134 heavy (non-hydrogen) atoms. The van der Waals surface area contributed by atoms with Crippen molar-refractivity contribution in [3.8, 4) is 94.7 Å². The molecule has 8 fully saturated rings. The number of nitrogens with two attached hydrogens (primary N) is 2. The topological polar surface area (TPSA) is 306 Å². The molecule has 8 heterocycles. The van der Waals surface area contributed by atoms with Crippen molar-refractivity contribution in [3.63, 3.8) is 0 Å². The van der Waals surface area contributed by atoms with Crippen LogP contribution in [-0.4, -0.2) is 112 Å². The highest BCUT2D eigenvalue weighted by molar-refractivity contribution is 5.82. The Hall–Kier alpha value is -10.3. The molecule has 0 saturated heterocycles. The molecule has 0 aliphatic heterocycles. The van der Waals surface area contributed by atoms with Crippen LogP contribution in [0.3, 0.4) is 0 Å². The SMILES string of the molecule is C.C.C.C.CC.CC.CC.CC.CC.CC.CC.CC.Cn1c(C#CC2CCC(C#CC3CCCCC3)CC2)nc2c(=O)[nH]c(=O)[nH]c21.Cn1c(C#CC2CCC(C#CC3CCCCC3)CC2)nc2c(=O)[nH]c(N)nc21.Cn1c(C#CC2CCC(C#CC3CCCCC3)CC2)nc2c(=O)[nH]cnc21.Cn1c(C#CC2CCC(C#CC3CCCCC3)CC2)nc2c(N)ncnc21.[B].[B].[B].[B]. The summed E-state index contributed by atoms with van der Waals surface area (Å²) in [4.78, 5) is 91.1. The van der Waals surface area contributed by atoms with Crippen LogP contribution >= 0.6 is 0 Å². The third-order valence-corrected chi connectivity index (χ3v) is 23.7. The second kappa shape index (κ2) is 73.1. The molecule has 16 rings (SSSR count). The zero-order valence-electron chi connectivity index (χ0n) is 83.0. The molecule has 728 valence electrons. The molecular formula is C108H170B4N18O4. The molecular weight excluding hydrogens is 1660 g/mol. The van der Waals surface area contributed by atoms with Gasteiger partial charge in [0.25, 0.3) is 16.7 Å². The normalized spacial score (nSPS) is 19.3. The average molecular weight is 1830 g/mol. The highest BCUT2D eigenvalue weighted by Crippen LogP contribution is 2.34. The number of aromatic nitrogens is 16. The maximum Gasteiger partial charge on any atom is 0.327 e. The average Bonchev–Trinajstić information content (AvgIpc) is 1.66. The van der Waals surface area contributed by atoms with Gasteiger partial charge in [-0.3, -0.25) is 29.3 Å². The lowest BCUT2D eigenvalue weighted by Crippen LogP contribution is -2.22. The van der Waals surface area contributed by atoms with Gasteiger partial charge in [-0.2, -0.15) is 4.98 Å². The highest BCUT2D eigenvalue weighted by atomic mass is 16.2. The Morgan fingerprint density at radius 3 is 0.821 bits per heavy atom. The number of aromatic amines is 4. The summed E-state index contributed by atoms with van der Waals surface area (Å²) in [5.74, 6) is 63.6. The summed E-state index contributed by atoms with van der Waals surface area (Å²) >= 11 is 0. The fourth-order valence-electron chi connectivity index (χ4n) is 16.8. The molecule has 8 saturated carbocycles. The molecule has 8 aliphatic rings. The lowest BCUT2D eigenvalue weighted by atomic mass is 9.82. The lowest BCUT2D eigenvalue weighted by Gasteiger charge is -2.22. The molecule has 0 amide bonds. The van der Waals surface area contributed by atoms with Gasteiger partial charge in [-0.1, -0.05) is 289 Å². The summed E-state index contributed by atoms with van der Waals surface area (Å²) in [5.41, 5.74) is 13.6. The van der Waals surface area contributed by atoms with Gasteiger partial charge in [0.05, 0.1) is 6.33 Å². The van der Waals surface area contributed by atoms with E-state index >= 15 is 0 Å². The monoisotopic (exact) mass is 1830 g/mol. The van der Waals surface area contributed by atoms with Gasteiger partial charge < -0.3 is 34.7 Å². The fourth-order valence-corrected chi connectivity index (χ4v) is 16.8. The number of hydrogen-bond acceptors (Lipinski definition) is 14. The molecule has 0 aromatic carbocycles. The van der Waals surface area contributed by atoms with E-state index in [0.29, 0.717) is 128 Å².